The minimum absolute atomic E-state index is 0.0948. The van der Waals surface area contributed by atoms with Gasteiger partial charge in [-0.2, -0.15) is 0 Å². The fourth-order valence-corrected chi connectivity index (χ4v) is 1.45. The van der Waals surface area contributed by atoms with Crippen molar-refractivity contribution in [1.82, 2.24) is 4.90 Å². The molecule has 0 saturated heterocycles. The van der Waals surface area contributed by atoms with Crippen LogP contribution in [0, 0.1) is 0 Å². The number of anilines is 1. The van der Waals surface area contributed by atoms with Crippen LogP contribution < -0.4 is 14.8 Å². The van der Waals surface area contributed by atoms with Gasteiger partial charge in [-0.05, 0) is 0 Å². The van der Waals surface area contributed by atoms with Crippen molar-refractivity contribution in [1.29, 1.82) is 0 Å². The van der Waals surface area contributed by atoms with E-state index in [-0.39, 0.29) is 5.91 Å². The minimum atomic E-state index is 0.0948. The van der Waals surface area contributed by atoms with Crippen molar-refractivity contribution < 1.29 is 14.3 Å². The number of ether oxygens (including phenoxy) is 2. The Hall–Kier alpha value is -1.91. The number of carbonyl (C=O) groups excluding carboxylic acids is 1. The summed E-state index contributed by atoms with van der Waals surface area (Å²) >= 11 is 0. The first kappa shape index (κ1) is 14.2. The number of hydrogen-bond acceptors (Lipinski definition) is 4. The van der Waals surface area contributed by atoms with E-state index in [1.165, 1.54) is 0 Å². The molecule has 0 aromatic heterocycles. The molecule has 5 heteroatoms. The highest BCUT2D eigenvalue weighted by atomic mass is 16.5. The van der Waals surface area contributed by atoms with E-state index in [2.05, 4.69) is 5.32 Å². The van der Waals surface area contributed by atoms with Crippen LogP contribution in [0.4, 0.5) is 5.69 Å². The van der Waals surface area contributed by atoms with Crippen LogP contribution >= 0.6 is 0 Å². The van der Waals surface area contributed by atoms with E-state index in [0.717, 1.165) is 17.2 Å². The number of nitrogens with one attached hydrogen (secondary N) is 1. The minimum Gasteiger partial charge on any atom is -0.497 e. The van der Waals surface area contributed by atoms with Crippen LogP contribution in [0.25, 0.3) is 0 Å². The van der Waals surface area contributed by atoms with E-state index in [0.29, 0.717) is 13.0 Å². The van der Waals surface area contributed by atoms with Gasteiger partial charge in [-0.25, -0.2) is 0 Å². The molecule has 0 fully saturated rings. The van der Waals surface area contributed by atoms with Crippen molar-refractivity contribution in [2.24, 2.45) is 0 Å². The van der Waals surface area contributed by atoms with E-state index in [1.807, 2.05) is 12.1 Å². The number of carbonyl (C=O) groups is 1. The average molecular weight is 252 g/mol. The molecule has 0 heterocycles. The molecule has 5 nitrogen and oxygen atoms in total. The summed E-state index contributed by atoms with van der Waals surface area (Å²) in [6, 6.07) is 5.53. The van der Waals surface area contributed by atoms with Gasteiger partial charge >= 0.3 is 0 Å². The Labute approximate surface area is 108 Å². The van der Waals surface area contributed by atoms with Crippen molar-refractivity contribution in [3.8, 4) is 11.5 Å². The van der Waals surface area contributed by atoms with E-state index >= 15 is 0 Å². The van der Waals surface area contributed by atoms with Crippen LogP contribution in [0.15, 0.2) is 18.2 Å². The van der Waals surface area contributed by atoms with Gasteiger partial charge in [0.15, 0.2) is 0 Å². The van der Waals surface area contributed by atoms with Crippen molar-refractivity contribution in [2.45, 2.75) is 6.42 Å². The molecule has 18 heavy (non-hydrogen) atoms. The van der Waals surface area contributed by atoms with Gasteiger partial charge in [0.1, 0.15) is 11.5 Å². The number of methoxy groups -OCH3 is 2. The van der Waals surface area contributed by atoms with Gasteiger partial charge in [-0.3, -0.25) is 4.79 Å². The smallest absolute Gasteiger partial charge is 0.223 e. The monoisotopic (exact) mass is 252 g/mol. The summed E-state index contributed by atoms with van der Waals surface area (Å²) in [5, 5.41) is 3.17. The van der Waals surface area contributed by atoms with E-state index in [4.69, 9.17) is 9.47 Å². The first-order valence-electron chi connectivity index (χ1n) is 5.74. The highest BCUT2D eigenvalue weighted by Gasteiger charge is 2.05. The predicted octanol–water partition coefficient (Wildman–Crippen LogP) is 1.59. The molecule has 1 rings (SSSR count). The Bertz CT molecular complexity index is 383. The van der Waals surface area contributed by atoms with E-state index < -0.39 is 0 Å². The van der Waals surface area contributed by atoms with Crippen molar-refractivity contribution in [3.63, 3.8) is 0 Å². The first-order valence-corrected chi connectivity index (χ1v) is 5.74. The molecule has 1 amide bonds. The summed E-state index contributed by atoms with van der Waals surface area (Å²) in [5.74, 6) is 1.53. The molecule has 1 N–H and O–H groups in total. The Morgan fingerprint density at radius 2 is 1.72 bits per heavy atom. The topological polar surface area (TPSA) is 50.8 Å². The van der Waals surface area contributed by atoms with E-state index in [1.54, 1.807) is 39.3 Å². The molecule has 0 aliphatic carbocycles. The highest BCUT2D eigenvalue weighted by molar-refractivity contribution is 5.76. The SMILES string of the molecule is COc1cc(NCCC(=O)N(C)C)cc(OC)c1. The predicted molar refractivity (Wildman–Crippen MR) is 71.3 cm³/mol. The van der Waals surface area contributed by atoms with Gasteiger partial charge in [-0.15, -0.1) is 0 Å². The molecular formula is C13H20N2O3. The van der Waals surface area contributed by atoms with Crippen molar-refractivity contribution >= 4 is 11.6 Å². The van der Waals surface area contributed by atoms with Gasteiger partial charge < -0.3 is 19.7 Å². The maximum atomic E-state index is 11.4. The number of rotatable bonds is 6. The van der Waals surface area contributed by atoms with E-state index in [9.17, 15) is 4.79 Å². The second-order valence-electron chi connectivity index (χ2n) is 4.07. The molecule has 0 aliphatic heterocycles. The van der Waals surface area contributed by atoms with Gasteiger partial charge in [0.2, 0.25) is 5.91 Å². The van der Waals surface area contributed by atoms with Crippen LogP contribution in [0.3, 0.4) is 0 Å². The van der Waals surface area contributed by atoms with Crippen LogP contribution in [-0.2, 0) is 4.79 Å². The summed E-state index contributed by atoms with van der Waals surface area (Å²) in [6.45, 7) is 0.577. The second kappa shape index (κ2) is 6.74. The maximum absolute atomic E-state index is 11.4. The Balaban J connectivity index is 2.58. The summed E-state index contributed by atoms with van der Waals surface area (Å²) in [6.07, 6.45) is 0.451. The molecule has 1 aromatic carbocycles. The Kier molecular flexibility index (Phi) is 5.30. The molecule has 0 atom stereocenters. The number of hydrogen-bond donors (Lipinski definition) is 1. The average Bonchev–Trinajstić information content (AvgIpc) is 2.37. The lowest BCUT2D eigenvalue weighted by atomic mass is 10.2. The zero-order valence-corrected chi connectivity index (χ0v) is 11.3. The molecule has 100 valence electrons. The lowest BCUT2D eigenvalue weighted by Crippen LogP contribution is -2.23. The quantitative estimate of drug-likeness (QED) is 0.835. The number of benzene rings is 1. The molecule has 0 aliphatic rings. The molecule has 0 spiro atoms. The summed E-state index contributed by atoms with van der Waals surface area (Å²) < 4.78 is 10.3. The lowest BCUT2D eigenvalue weighted by molar-refractivity contribution is -0.128. The van der Waals surface area contributed by atoms with Crippen molar-refractivity contribution in [3.05, 3.63) is 18.2 Å². The summed E-state index contributed by atoms with van der Waals surface area (Å²) in [7, 11) is 6.70. The third-order valence-corrected chi connectivity index (χ3v) is 2.52. The lowest BCUT2D eigenvalue weighted by Gasteiger charge is -2.12. The van der Waals surface area contributed by atoms with Gasteiger partial charge in [0, 0.05) is 50.9 Å². The maximum Gasteiger partial charge on any atom is 0.223 e. The molecule has 0 radical (unpaired) electrons. The Morgan fingerprint density at radius 1 is 1.17 bits per heavy atom. The standard InChI is InChI=1S/C13H20N2O3/c1-15(2)13(16)5-6-14-10-7-11(17-3)9-12(8-10)18-4/h7-9,14H,5-6H2,1-4H3. The number of nitrogens with zero attached hydrogens (tertiary/aromatic N) is 1. The van der Waals surface area contributed by atoms with Crippen LogP contribution in [0.2, 0.25) is 0 Å². The first-order chi connectivity index (χ1) is 8.56. The molecule has 1 aromatic rings. The van der Waals surface area contributed by atoms with Crippen LogP contribution in [0.1, 0.15) is 6.42 Å². The van der Waals surface area contributed by atoms with Gasteiger partial charge in [-0.1, -0.05) is 0 Å². The summed E-state index contributed by atoms with van der Waals surface area (Å²) in [4.78, 5) is 13.0. The zero-order valence-electron chi connectivity index (χ0n) is 11.3. The third-order valence-electron chi connectivity index (χ3n) is 2.52. The van der Waals surface area contributed by atoms with Crippen LogP contribution in [-0.4, -0.2) is 45.7 Å². The van der Waals surface area contributed by atoms with Crippen LogP contribution in [0.5, 0.6) is 11.5 Å². The van der Waals surface area contributed by atoms with Gasteiger partial charge in [0.05, 0.1) is 14.2 Å². The number of amides is 1. The Morgan fingerprint density at radius 3 is 2.17 bits per heavy atom. The molecule has 0 saturated carbocycles. The fraction of sp³-hybridized carbons (Fsp3) is 0.462. The van der Waals surface area contributed by atoms with Gasteiger partial charge in [0.25, 0.3) is 0 Å². The third kappa shape index (κ3) is 4.16. The molecule has 0 unspecified atom stereocenters. The molecular weight excluding hydrogens is 232 g/mol. The largest absolute Gasteiger partial charge is 0.497 e. The summed E-state index contributed by atoms with van der Waals surface area (Å²) in [5.41, 5.74) is 0.873. The normalized spacial score (nSPS) is 9.78. The fourth-order valence-electron chi connectivity index (χ4n) is 1.45. The molecule has 0 bridgehead atoms. The second-order valence-corrected chi connectivity index (χ2v) is 4.07. The highest BCUT2D eigenvalue weighted by Crippen LogP contribution is 2.25. The zero-order chi connectivity index (χ0) is 13.5. The van der Waals surface area contributed by atoms with Crippen molar-refractivity contribution in [2.75, 3.05) is 40.2 Å².